The van der Waals surface area contributed by atoms with Crippen molar-refractivity contribution in [3.63, 3.8) is 0 Å². The summed E-state index contributed by atoms with van der Waals surface area (Å²) < 4.78 is 0. The van der Waals surface area contributed by atoms with Crippen LogP contribution < -0.4 is 5.73 Å². The molecule has 0 aliphatic heterocycles. The van der Waals surface area contributed by atoms with E-state index in [0.717, 1.165) is 13.1 Å². The van der Waals surface area contributed by atoms with E-state index in [1.165, 1.54) is 32.2 Å². The van der Waals surface area contributed by atoms with E-state index in [1.54, 1.807) is 0 Å². The molecule has 1 saturated carbocycles. The van der Waals surface area contributed by atoms with Gasteiger partial charge in [-0.25, -0.2) is 0 Å². The smallest absolute Gasteiger partial charge is 0.00469 e. The fourth-order valence-electron chi connectivity index (χ4n) is 2.24. The van der Waals surface area contributed by atoms with Gasteiger partial charge in [-0.3, -0.25) is 0 Å². The lowest BCUT2D eigenvalue weighted by atomic mass is 9.86. The molecule has 0 aromatic carbocycles. The van der Waals surface area contributed by atoms with Crippen LogP contribution >= 0.6 is 0 Å². The van der Waals surface area contributed by atoms with E-state index < -0.39 is 0 Å². The second-order valence-corrected chi connectivity index (χ2v) is 4.24. The quantitative estimate of drug-likeness (QED) is 0.692. The van der Waals surface area contributed by atoms with Gasteiger partial charge in [0.15, 0.2) is 0 Å². The Balaban J connectivity index is 2.43. The Bertz CT molecular complexity index is 128. The molecule has 0 heterocycles. The Morgan fingerprint density at radius 1 is 1.33 bits per heavy atom. The summed E-state index contributed by atoms with van der Waals surface area (Å²) in [5.41, 5.74) is 6.31. The van der Waals surface area contributed by atoms with Crippen molar-refractivity contribution in [2.75, 3.05) is 26.7 Å². The van der Waals surface area contributed by atoms with Crippen LogP contribution in [0.5, 0.6) is 0 Å². The molecule has 2 nitrogen and oxygen atoms in total. The average Bonchev–Trinajstić information content (AvgIpc) is 2.54. The highest BCUT2D eigenvalue weighted by atomic mass is 15.1. The normalized spacial score (nSPS) is 22.0. The summed E-state index contributed by atoms with van der Waals surface area (Å²) in [5.74, 6) is 0. The largest absolute Gasteiger partial charge is 0.330 e. The second-order valence-electron chi connectivity index (χ2n) is 4.24. The van der Waals surface area contributed by atoms with Crippen LogP contribution in [0.3, 0.4) is 0 Å². The molecule has 1 aliphatic rings. The zero-order valence-corrected chi connectivity index (χ0v) is 8.47. The van der Waals surface area contributed by atoms with Crippen molar-refractivity contribution in [3.8, 4) is 0 Å². The lowest BCUT2D eigenvalue weighted by molar-refractivity contribution is 0.190. The van der Waals surface area contributed by atoms with Gasteiger partial charge < -0.3 is 10.6 Å². The monoisotopic (exact) mass is 170 g/mol. The molecule has 0 bridgehead atoms. The SMILES string of the molecule is CCN(C)CC1(CN)CCCC1. The summed E-state index contributed by atoms with van der Waals surface area (Å²) in [6.07, 6.45) is 5.45. The highest BCUT2D eigenvalue weighted by molar-refractivity contribution is 4.87. The van der Waals surface area contributed by atoms with E-state index in [4.69, 9.17) is 5.73 Å². The topological polar surface area (TPSA) is 29.3 Å². The molecule has 0 amide bonds. The summed E-state index contributed by atoms with van der Waals surface area (Å²) in [4.78, 5) is 2.39. The first-order valence-corrected chi connectivity index (χ1v) is 5.11. The highest BCUT2D eigenvalue weighted by Crippen LogP contribution is 2.37. The average molecular weight is 170 g/mol. The van der Waals surface area contributed by atoms with Gasteiger partial charge in [0.2, 0.25) is 0 Å². The lowest BCUT2D eigenvalue weighted by Gasteiger charge is -2.31. The predicted molar refractivity (Wildman–Crippen MR) is 53.1 cm³/mol. The number of nitrogens with two attached hydrogens (primary N) is 1. The molecule has 12 heavy (non-hydrogen) atoms. The van der Waals surface area contributed by atoms with Crippen LogP contribution in [-0.2, 0) is 0 Å². The third-order valence-electron chi connectivity index (χ3n) is 3.24. The number of hydrogen-bond donors (Lipinski definition) is 1. The van der Waals surface area contributed by atoms with E-state index in [-0.39, 0.29) is 0 Å². The highest BCUT2D eigenvalue weighted by Gasteiger charge is 2.32. The van der Waals surface area contributed by atoms with Gasteiger partial charge in [0.1, 0.15) is 0 Å². The van der Waals surface area contributed by atoms with Crippen LogP contribution in [0.4, 0.5) is 0 Å². The van der Waals surface area contributed by atoms with E-state index >= 15 is 0 Å². The first-order valence-electron chi connectivity index (χ1n) is 5.11. The Morgan fingerprint density at radius 2 is 1.92 bits per heavy atom. The van der Waals surface area contributed by atoms with Gasteiger partial charge in [-0.15, -0.1) is 0 Å². The van der Waals surface area contributed by atoms with Crippen molar-refractivity contribution in [1.29, 1.82) is 0 Å². The fourth-order valence-corrected chi connectivity index (χ4v) is 2.24. The third kappa shape index (κ3) is 2.20. The van der Waals surface area contributed by atoms with Crippen molar-refractivity contribution in [2.24, 2.45) is 11.1 Å². The number of rotatable bonds is 4. The molecule has 0 aromatic heterocycles. The van der Waals surface area contributed by atoms with E-state index in [0.29, 0.717) is 5.41 Å². The summed E-state index contributed by atoms with van der Waals surface area (Å²) in [6, 6.07) is 0. The molecule has 2 heteroatoms. The van der Waals surface area contributed by atoms with Gasteiger partial charge in [0.05, 0.1) is 0 Å². The Kier molecular flexibility index (Phi) is 3.53. The fraction of sp³-hybridized carbons (Fsp3) is 1.00. The van der Waals surface area contributed by atoms with E-state index in [1.807, 2.05) is 0 Å². The first kappa shape index (κ1) is 10.0. The molecule has 1 aliphatic carbocycles. The molecule has 0 unspecified atom stereocenters. The Labute approximate surface area is 76.1 Å². The molecule has 1 rings (SSSR count). The van der Waals surface area contributed by atoms with E-state index in [2.05, 4.69) is 18.9 Å². The molecule has 1 fully saturated rings. The maximum Gasteiger partial charge on any atom is 0.00469 e. The Morgan fingerprint density at radius 3 is 2.33 bits per heavy atom. The van der Waals surface area contributed by atoms with Crippen molar-refractivity contribution >= 4 is 0 Å². The summed E-state index contributed by atoms with van der Waals surface area (Å²) in [5, 5.41) is 0. The van der Waals surface area contributed by atoms with Crippen molar-refractivity contribution in [3.05, 3.63) is 0 Å². The minimum atomic E-state index is 0.463. The summed E-state index contributed by atoms with van der Waals surface area (Å²) in [7, 11) is 2.19. The summed E-state index contributed by atoms with van der Waals surface area (Å²) in [6.45, 7) is 5.41. The van der Waals surface area contributed by atoms with Crippen LogP contribution in [-0.4, -0.2) is 31.6 Å². The minimum Gasteiger partial charge on any atom is -0.330 e. The first-order chi connectivity index (χ1) is 5.72. The number of hydrogen-bond acceptors (Lipinski definition) is 2. The molecule has 0 spiro atoms. The van der Waals surface area contributed by atoms with Gasteiger partial charge in [0, 0.05) is 6.54 Å². The number of nitrogens with zero attached hydrogens (tertiary/aromatic N) is 1. The maximum absolute atomic E-state index is 5.85. The molecule has 72 valence electrons. The second kappa shape index (κ2) is 4.24. The Hall–Kier alpha value is -0.0800. The predicted octanol–water partition coefficient (Wildman–Crippen LogP) is 1.46. The van der Waals surface area contributed by atoms with Gasteiger partial charge >= 0.3 is 0 Å². The van der Waals surface area contributed by atoms with Crippen LogP contribution in [0.1, 0.15) is 32.6 Å². The molecular weight excluding hydrogens is 148 g/mol. The minimum absolute atomic E-state index is 0.463. The lowest BCUT2D eigenvalue weighted by Crippen LogP contribution is -2.39. The van der Waals surface area contributed by atoms with Gasteiger partial charge in [-0.2, -0.15) is 0 Å². The molecule has 0 atom stereocenters. The zero-order valence-electron chi connectivity index (χ0n) is 8.47. The van der Waals surface area contributed by atoms with Gasteiger partial charge in [-0.1, -0.05) is 19.8 Å². The van der Waals surface area contributed by atoms with Crippen LogP contribution in [0.2, 0.25) is 0 Å². The van der Waals surface area contributed by atoms with Gasteiger partial charge in [0.25, 0.3) is 0 Å². The van der Waals surface area contributed by atoms with Crippen molar-refractivity contribution in [2.45, 2.75) is 32.6 Å². The molecule has 0 aromatic rings. The molecular formula is C10H22N2. The van der Waals surface area contributed by atoms with Gasteiger partial charge in [-0.05, 0) is 38.4 Å². The van der Waals surface area contributed by atoms with Crippen LogP contribution in [0.25, 0.3) is 0 Å². The van der Waals surface area contributed by atoms with Crippen molar-refractivity contribution in [1.82, 2.24) is 4.90 Å². The molecule has 0 radical (unpaired) electrons. The van der Waals surface area contributed by atoms with Crippen molar-refractivity contribution < 1.29 is 0 Å². The zero-order chi connectivity index (χ0) is 9.03. The van der Waals surface area contributed by atoms with E-state index in [9.17, 15) is 0 Å². The third-order valence-corrected chi connectivity index (χ3v) is 3.24. The summed E-state index contributed by atoms with van der Waals surface area (Å²) >= 11 is 0. The maximum atomic E-state index is 5.85. The standard InChI is InChI=1S/C10H22N2/c1-3-12(2)9-10(8-11)6-4-5-7-10/h3-9,11H2,1-2H3. The van der Waals surface area contributed by atoms with Crippen LogP contribution in [0, 0.1) is 5.41 Å². The molecule has 0 saturated heterocycles. The molecule has 2 N–H and O–H groups in total. The van der Waals surface area contributed by atoms with Crippen LogP contribution in [0.15, 0.2) is 0 Å².